The van der Waals surface area contributed by atoms with Gasteiger partial charge in [-0.3, -0.25) is 9.59 Å². The van der Waals surface area contributed by atoms with Crippen molar-refractivity contribution in [1.29, 1.82) is 0 Å². The fraction of sp³-hybridized carbons (Fsp3) is 0.333. The first-order valence-corrected chi connectivity index (χ1v) is 8.88. The molecule has 0 bridgehead atoms. The number of aromatic hydroxyl groups is 1. The van der Waals surface area contributed by atoms with Gasteiger partial charge in [0, 0.05) is 18.7 Å². The number of phenols is 1. The predicted octanol–water partition coefficient (Wildman–Crippen LogP) is 3.54. The second-order valence-corrected chi connectivity index (χ2v) is 7.34. The molecule has 2 aromatic rings. The molecule has 0 aromatic heterocycles. The van der Waals surface area contributed by atoms with Gasteiger partial charge in [-0.15, -0.1) is 0 Å². The molecule has 27 heavy (non-hydrogen) atoms. The average molecular weight is 368 g/mol. The van der Waals surface area contributed by atoms with Crippen LogP contribution in [-0.4, -0.2) is 29.1 Å². The second kappa shape index (κ2) is 6.95. The monoisotopic (exact) mass is 368 g/mol. The lowest BCUT2D eigenvalue weighted by Gasteiger charge is -2.38. The summed E-state index contributed by atoms with van der Waals surface area (Å²) in [5.41, 5.74) is 2.13. The first-order valence-electron chi connectivity index (χ1n) is 8.88. The zero-order valence-electron chi connectivity index (χ0n) is 16.0. The van der Waals surface area contributed by atoms with E-state index in [0.717, 1.165) is 11.1 Å². The molecule has 0 spiro atoms. The van der Waals surface area contributed by atoms with E-state index in [4.69, 9.17) is 4.74 Å². The number of hydrogen-bond acceptors (Lipinski definition) is 4. The molecule has 1 aliphatic heterocycles. The fourth-order valence-electron chi connectivity index (χ4n) is 3.11. The summed E-state index contributed by atoms with van der Waals surface area (Å²) in [6.45, 7) is 7.46. The van der Waals surface area contributed by atoms with Crippen LogP contribution in [-0.2, 0) is 9.59 Å². The van der Waals surface area contributed by atoms with Crippen LogP contribution in [0.5, 0.6) is 11.5 Å². The minimum Gasteiger partial charge on any atom is -0.508 e. The SMILES string of the molecule is Cc1ccc2c(c1)N(CCC(=O)Nc1ccc(O)cc1C)C(=O)C(C)(C)O2. The number of nitrogens with zero attached hydrogens (tertiary/aromatic N) is 1. The van der Waals surface area contributed by atoms with Crippen molar-refractivity contribution >= 4 is 23.2 Å². The van der Waals surface area contributed by atoms with Gasteiger partial charge in [-0.2, -0.15) is 0 Å². The summed E-state index contributed by atoms with van der Waals surface area (Å²) >= 11 is 0. The van der Waals surface area contributed by atoms with E-state index in [-0.39, 0.29) is 30.5 Å². The summed E-state index contributed by atoms with van der Waals surface area (Å²) in [6, 6.07) is 10.4. The Kier molecular flexibility index (Phi) is 4.83. The molecule has 0 saturated heterocycles. The number of ether oxygens (including phenoxy) is 1. The number of carbonyl (C=O) groups is 2. The Labute approximate surface area is 158 Å². The van der Waals surface area contributed by atoms with Gasteiger partial charge in [-0.25, -0.2) is 0 Å². The summed E-state index contributed by atoms with van der Waals surface area (Å²) < 4.78 is 5.83. The number of carbonyl (C=O) groups excluding carboxylic acids is 2. The summed E-state index contributed by atoms with van der Waals surface area (Å²) in [5, 5.41) is 12.3. The molecule has 0 aliphatic carbocycles. The Hall–Kier alpha value is -3.02. The van der Waals surface area contributed by atoms with E-state index in [1.54, 1.807) is 30.9 Å². The van der Waals surface area contributed by atoms with Crippen LogP contribution in [0.25, 0.3) is 0 Å². The Morgan fingerprint density at radius 1 is 1.19 bits per heavy atom. The normalized spacial score (nSPS) is 15.1. The molecule has 0 radical (unpaired) electrons. The summed E-state index contributed by atoms with van der Waals surface area (Å²) in [6.07, 6.45) is 0.148. The van der Waals surface area contributed by atoms with Crippen LogP contribution in [0.4, 0.5) is 11.4 Å². The van der Waals surface area contributed by atoms with Crippen molar-refractivity contribution in [1.82, 2.24) is 0 Å². The maximum atomic E-state index is 12.8. The number of anilines is 2. The van der Waals surface area contributed by atoms with Crippen LogP contribution in [0.2, 0.25) is 0 Å². The standard InChI is InChI=1S/C21H24N2O4/c1-13-5-8-18-17(11-13)23(20(26)21(3,4)27-18)10-9-19(25)22-16-7-6-15(24)12-14(16)2/h5-8,11-12,24H,9-10H2,1-4H3,(H,22,25). The van der Waals surface area contributed by atoms with Gasteiger partial charge in [-0.1, -0.05) is 6.07 Å². The summed E-state index contributed by atoms with van der Waals surface area (Å²) in [5.74, 6) is 0.419. The van der Waals surface area contributed by atoms with E-state index in [1.807, 2.05) is 32.0 Å². The fourth-order valence-corrected chi connectivity index (χ4v) is 3.11. The lowest BCUT2D eigenvalue weighted by Crippen LogP contribution is -2.53. The van der Waals surface area contributed by atoms with E-state index >= 15 is 0 Å². The Balaban J connectivity index is 1.75. The predicted molar refractivity (Wildman–Crippen MR) is 104 cm³/mol. The van der Waals surface area contributed by atoms with Crippen molar-refractivity contribution in [3.05, 3.63) is 47.5 Å². The van der Waals surface area contributed by atoms with Crippen molar-refractivity contribution in [2.75, 3.05) is 16.8 Å². The van der Waals surface area contributed by atoms with Gasteiger partial charge in [-0.05, 0) is 69.2 Å². The van der Waals surface area contributed by atoms with Crippen molar-refractivity contribution in [3.8, 4) is 11.5 Å². The highest BCUT2D eigenvalue weighted by atomic mass is 16.5. The number of fused-ring (bicyclic) bond motifs is 1. The minimum atomic E-state index is -0.980. The van der Waals surface area contributed by atoms with E-state index in [9.17, 15) is 14.7 Å². The quantitative estimate of drug-likeness (QED) is 0.809. The first kappa shape index (κ1) is 18.8. The number of aryl methyl sites for hydroxylation is 2. The van der Waals surface area contributed by atoms with Crippen molar-refractivity contribution < 1.29 is 19.4 Å². The molecule has 2 aromatic carbocycles. The van der Waals surface area contributed by atoms with Gasteiger partial charge in [0.05, 0.1) is 5.69 Å². The highest BCUT2D eigenvalue weighted by Gasteiger charge is 2.40. The number of hydrogen-bond donors (Lipinski definition) is 2. The molecule has 6 nitrogen and oxygen atoms in total. The number of amides is 2. The molecular weight excluding hydrogens is 344 g/mol. The van der Waals surface area contributed by atoms with Gasteiger partial charge in [0.25, 0.3) is 5.91 Å². The molecule has 0 fully saturated rings. The van der Waals surface area contributed by atoms with Gasteiger partial charge in [0.1, 0.15) is 11.5 Å². The third-order valence-electron chi connectivity index (χ3n) is 4.58. The molecule has 142 valence electrons. The first-order chi connectivity index (χ1) is 12.7. The number of rotatable bonds is 4. The smallest absolute Gasteiger partial charge is 0.270 e. The maximum absolute atomic E-state index is 12.8. The minimum absolute atomic E-state index is 0.148. The van der Waals surface area contributed by atoms with Crippen LogP contribution in [0.1, 0.15) is 31.4 Å². The molecular formula is C21H24N2O4. The van der Waals surface area contributed by atoms with Crippen LogP contribution < -0.4 is 15.0 Å². The maximum Gasteiger partial charge on any atom is 0.270 e. The number of phenolic OH excluding ortho intramolecular Hbond substituents is 1. The largest absolute Gasteiger partial charge is 0.508 e. The van der Waals surface area contributed by atoms with Crippen LogP contribution in [0, 0.1) is 13.8 Å². The third-order valence-corrected chi connectivity index (χ3v) is 4.58. The molecule has 3 rings (SSSR count). The Bertz CT molecular complexity index is 905. The van der Waals surface area contributed by atoms with Gasteiger partial charge >= 0.3 is 0 Å². The van der Waals surface area contributed by atoms with Crippen molar-refractivity contribution in [3.63, 3.8) is 0 Å². The molecule has 1 heterocycles. The van der Waals surface area contributed by atoms with Crippen LogP contribution in [0.15, 0.2) is 36.4 Å². The van der Waals surface area contributed by atoms with Gasteiger partial charge in [0.2, 0.25) is 5.91 Å². The Morgan fingerprint density at radius 2 is 1.93 bits per heavy atom. The summed E-state index contributed by atoms with van der Waals surface area (Å²) in [4.78, 5) is 26.8. The van der Waals surface area contributed by atoms with E-state index in [1.165, 1.54) is 6.07 Å². The zero-order chi connectivity index (χ0) is 19.8. The van der Waals surface area contributed by atoms with Gasteiger partial charge in [0.15, 0.2) is 5.60 Å². The molecule has 2 N–H and O–H groups in total. The Morgan fingerprint density at radius 3 is 2.63 bits per heavy atom. The molecule has 0 atom stereocenters. The number of benzene rings is 2. The second-order valence-electron chi connectivity index (χ2n) is 7.34. The summed E-state index contributed by atoms with van der Waals surface area (Å²) in [7, 11) is 0. The van der Waals surface area contributed by atoms with Crippen molar-refractivity contribution in [2.45, 2.75) is 39.7 Å². The lowest BCUT2D eigenvalue weighted by molar-refractivity contribution is -0.132. The molecule has 1 aliphatic rings. The van der Waals surface area contributed by atoms with E-state index in [0.29, 0.717) is 17.1 Å². The average Bonchev–Trinajstić information content (AvgIpc) is 2.58. The highest BCUT2D eigenvalue weighted by molar-refractivity contribution is 6.03. The van der Waals surface area contributed by atoms with Crippen LogP contribution in [0.3, 0.4) is 0 Å². The van der Waals surface area contributed by atoms with Gasteiger partial charge < -0.3 is 20.1 Å². The highest BCUT2D eigenvalue weighted by Crippen LogP contribution is 2.38. The molecule has 6 heteroatoms. The lowest BCUT2D eigenvalue weighted by atomic mass is 10.0. The van der Waals surface area contributed by atoms with E-state index in [2.05, 4.69) is 5.32 Å². The molecule has 0 unspecified atom stereocenters. The third kappa shape index (κ3) is 3.89. The topological polar surface area (TPSA) is 78.9 Å². The zero-order valence-corrected chi connectivity index (χ0v) is 16.0. The van der Waals surface area contributed by atoms with Crippen molar-refractivity contribution in [2.24, 2.45) is 0 Å². The molecule has 2 amide bonds. The van der Waals surface area contributed by atoms with E-state index < -0.39 is 5.60 Å². The number of nitrogens with one attached hydrogen (secondary N) is 1. The van der Waals surface area contributed by atoms with Crippen LogP contribution >= 0.6 is 0 Å². The molecule has 0 saturated carbocycles.